The molecule has 1 aliphatic rings. The van der Waals surface area contributed by atoms with Gasteiger partial charge in [0.05, 0.1) is 13.1 Å². The van der Waals surface area contributed by atoms with E-state index in [-0.39, 0.29) is 5.91 Å². The minimum absolute atomic E-state index is 0.0638. The Morgan fingerprint density at radius 3 is 2.67 bits per heavy atom. The first-order chi connectivity index (χ1) is 14.6. The molecule has 0 aliphatic carbocycles. The zero-order valence-electron chi connectivity index (χ0n) is 18.1. The zero-order chi connectivity index (χ0) is 21.3. The molecular formula is C22H32N6O2. The number of oxazole rings is 1. The van der Waals surface area contributed by atoms with E-state index >= 15 is 0 Å². The van der Waals surface area contributed by atoms with Crippen LogP contribution in [0, 0.1) is 6.92 Å². The fourth-order valence-electron chi connectivity index (χ4n) is 3.40. The van der Waals surface area contributed by atoms with Gasteiger partial charge in [-0.3, -0.25) is 9.69 Å². The Morgan fingerprint density at radius 2 is 2.00 bits per heavy atom. The molecule has 162 valence electrons. The van der Waals surface area contributed by atoms with E-state index in [4.69, 9.17) is 4.42 Å². The molecule has 30 heavy (non-hydrogen) atoms. The first-order valence-electron chi connectivity index (χ1n) is 10.6. The van der Waals surface area contributed by atoms with Gasteiger partial charge in [0, 0.05) is 38.3 Å². The van der Waals surface area contributed by atoms with Crippen molar-refractivity contribution in [2.75, 3.05) is 33.2 Å². The molecule has 2 heterocycles. The molecule has 1 aromatic carbocycles. The highest BCUT2D eigenvalue weighted by atomic mass is 16.3. The van der Waals surface area contributed by atoms with Gasteiger partial charge < -0.3 is 20.4 Å². The number of nitrogens with zero attached hydrogens (tertiary/aromatic N) is 3. The van der Waals surface area contributed by atoms with Gasteiger partial charge in [0.25, 0.3) is 0 Å². The van der Waals surface area contributed by atoms with Crippen LogP contribution in [0.25, 0.3) is 11.5 Å². The zero-order valence-corrected chi connectivity index (χ0v) is 18.1. The number of likely N-dealkylation sites (tertiary alicyclic amines) is 1. The van der Waals surface area contributed by atoms with Crippen molar-refractivity contribution in [2.45, 2.75) is 39.3 Å². The lowest BCUT2D eigenvalue weighted by Gasteiger charge is -2.32. The third-order valence-electron chi connectivity index (χ3n) is 5.17. The quantitative estimate of drug-likeness (QED) is 0.475. The highest BCUT2D eigenvalue weighted by Crippen LogP contribution is 2.19. The molecule has 0 unspecified atom stereocenters. The van der Waals surface area contributed by atoms with Crippen molar-refractivity contribution in [1.82, 2.24) is 25.8 Å². The van der Waals surface area contributed by atoms with Crippen molar-refractivity contribution in [2.24, 2.45) is 4.99 Å². The average Bonchev–Trinajstić information content (AvgIpc) is 3.23. The SMILES string of the molecule is CCNC(=NCc1coc(-c2ccc(C)cc2)n1)NC1CCN(CC(=O)NC)CC1. The number of hydrogen-bond donors (Lipinski definition) is 3. The van der Waals surface area contributed by atoms with Gasteiger partial charge >= 0.3 is 0 Å². The van der Waals surface area contributed by atoms with Crippen LogP contribution in [0.15, 0.2) is 39.9 Å². The highest BCUT2D eigenvalue weighted by Gasteiger charge is 2.21. The van der Waals surface area contributed by atoms with E-state index in [1.165, 1.54) is 5.56 Å². The molecular weight excluding hydrogens is 380 g/mol. The maximum absolute atomic E-state index is 11.5. The number of likely N-dealkylation sites (N-methyl/N-ethyl adjacent to an activating group) is 1. The second kappa shape index (κ2) is 10.8. The number of aliphatic imine (C=N–C) groups is 1. The molecule has 2 aromatic rings. The summed E-state index contributed by atoms with van der Waals surface area (Å²) in [5.74, 6) is 1.46. The maximum Gasteiger partial charge on any atom is 0.233 e. The molecule has 0 spiro atoms. The first kappa shape index (κ1) is 21.8. The third kappa shape index (κ3) is 6.32. The molecule has 0 bridgehead atoms. The van der Waals surface area contributed by atoms with Crippen LogP contribution in [-0.2, 0) is 11.3 Å². The van der Waals surface area contributed by atoms with Gasteiger partial charge in [-0.1, -0.05) is 17.7 Å². The Labute approximate surface area is 178 Å². The van der Waals surface area contributed by atoms with E-state index in [0.717, 1.165) is 49.7 Å². The molecule has 1 fully saturated rings. The van der Waals surface area contributed by atoms with Crippen LogP contribution >= 0.6 is 0 Å². The largest absolute Gasteiger partial charge is 0.444 e. The fourth-order valence-corrected chi connectivity index (χ4v) is 3.40. The van der Waals surface area contributed by atoms with E-state index in [2.05, 4.69) is 44.7 Å². The molecule has 8 nitrogen and oxygen atoms in total. The Kier molecular flexibility index (Phi) is 7.84. The summed E-state index contributed by atoms with van der Waals surface area (Å²) in [5, 5.41) is 9.49. The molecule has 1 aliphatic heterocycles. The molecule has 0 atom stereocenters. The van der Waals surface area contributed by atoms with Gasteiger partial charge in [0.1, 0.15) is 12.0 Å². The predicted molar refractivity (Wildman–Crippen MR) is 118 cm³/mol. The first-order valence-corrected chi connectivity index (χ1v) is 10.6. The number of aromatic nitrogens is 1. The van der Waals surface area contributed by atoms with Crippen LogP contribution in [0.3, 0.4) is 0 Å². The van der Waals surface area contributed by atoms with E-state index < -0.39 is 0 Å². The molecule has 1 saturated heterocycles. The number of rotatable bonds is 7. The summed E-state index contributed by atoms with van der Waals surface area (Å²) >= 11 is 0. The van der Waals surface area contributed by atoms with Crippen molar-refractivity contribution < 1.29 is 9.21 Å². The standard InChI is InChI=1S/C22H32N6O2/c1-4-24-22(27-18-9-11-28(12-10-18)14-20(29)23-3)25-13-19-15-30-21(26-19)17-7-5-16(2)6-8-17/h5-8,15,18H,4,9-14H2,1-3H3,(H,23,29)(H2,24,25,27). The minimum atomic E-state index is 0.0638. The maximum atomic E-state index is 11.5. The molecule has 8 heteroatoms. The predicted octanol–water partition coefficient (Wildman–Crippen LogP) is 1.92. The number of nitrogens with one attached hydrogen (secondary N) is 3. The van der Waals surface area contributed by atoms with Crippen LogP contribution in [0.4, 0.5) is 0 Å². The van der Waals surface area contributed by atoms with Gasteiger partial charge in [0.2, 0.25) is 11.8 Å². The van der Waals surface area contributed by atoms with Crippen molar-refractivity contribution >= 4 is 11.9 Å². The van der Waals surface area contributed by atoms with Crippen molar-refractivity contribution in [3.8, 4) is 11.5 Å². The number of hydrogen-bond acceptors (Lipinski definition) is 5. The Hall–Kier alpha value is -2.87. The van der Waals surface area contributed by atoms with E-state index in [1.54, 1.807) is 13.3 Å². The number of amides is 1. The average molecular weight is 413 g/mol. The summed E-state index contributed by atoms with van der Waals surface area (Å²) in [6.07, 6.45) is 3.62. The molecule has 1 aromatic heterocycles. The fraction of sp³-hybridized carbons (Fsp3) is 0.500. The summed E-state index contributed by atoms with van der Waals surface area (Å²) < 4.78 is 5.63. The van der Waals surface area contributed by atoms with Gasteiger partial charge in [-0.2, -0.15) is 0 Å². The minimum Gasteiger partial charge on any atom is -0.444 e. The molecule has 0 radical (unpaired) electrons. The lowest BCUT2D eigenvalue weighted by Crippen LogP contribution is -2.50. The lowest BCUT2D eigenvalue weighted by molar-refractivity contribution is -0.122. The van der Waals surface area contributed by atoms with Gasteiger partial charge in [-0.15, -0.1) is 0 Å². The van der Waals surface area contributed by atoms with Crippen molar-refractivity contribution in [3.05, 3.63) is 41.8 Å². The smallest absolute Gasteiger partial charge is 0.233 e. The van der Waals surface area contributed by atoms with Crippen LogP contribution in [0.1, 0.15) is 31.0 Å². The second-order valence-corrected chi connectivity index (χ2v) is 7.57. The Morgan fingerprint density at radius 1 is 1.27 bits per heavy atom. The monoisotopic (exact) mass is 412 g/mol. The van der Waals surface area contributed by atoms with Crippen LogP contribution < -0.4 is 16.0 Å². The summed E-state index contributed by atoms with van der Waals surface area (Å²) in [4.78, 5) is 23.0. The van der Waals surface area contributed by atoms with E-state index in [1.807, 2.05) is 24.3 Å². The number of benzene rings is 1. The molecule has 3 rings (SSSR count). The second-order valence-electron chi connectivity index (χ2n) is 7.57. The summed E-state index contributed by atoms with van der Waals surface area (Å²) in [6, 6.07) is 8.45. The summed E-state index contributed by atoms with van der Waals surface area (Å²) in [7, 11) is 1.68. The normalized spacial score (nSPS) is 15.8. The lowest BCUT2D eigenvalue weighted by atomic mass is 10.1. The highest BCUT2D eigenvalue weighted by molar-refractivity contribution is 5.80. The topological polar surface area (TPSA) is 94.8 Å². The summed E-state index contributed by atoms with van der Waals surface area (Å²) in [6.45, 7) is 7.60. The number of carbonyl (C=O) groups excluding carboxylic acids is 1. The third-order valence-corrected chi connectivity index (χ3v) is 5.17. The van der Waals surface area contributed by atoms with Gasteiger partial charge in [-0.05, 0) is 38.8 Å². The van der Waals surface area contributed by atoms with Crippen LogP contribution in [-0.4, -0.2) is 61.0 Å². The van der Waals surface area contributed by atoms with Gasteiger partial charge in [0.15, 0.2) is 5.96 Å². The van der Waals surface area contributed by atoms with Crippen molar-refractivity contribution in [3.63, 3.8) is 0 Å². The number of piperidine rings is 1. The Balaban J connectivity index is 1.54. The number of guanidine groups is 1. The number of carbonyl (C=O) groups is 1. The molecule has 1 amide bonds. The molecule has 3 N–H and O–H groups in total. The van der Waals surface area contributed by atoms with E-state index in [9.17, 15) is 4.79 Å². The van der Waals surface area contributed by atoms with Crippen molar-refractivity contribution in [1.29, 1.82) is 0 Å². The summed E-state index contributed by atoms with van der Waals surface area (Å²) in [5.41, 5.74) is 2.96. The molecule has 0 saturated carbocycles. The van der Waals surface area contributed by atoms with E-state index in [0.29, 0.717) is 25.0 Å². The van der Waals surface area contributed by atoms with Crippen LogP contribution in [0.2, 0.25) is 0 Å². The Bertz CT molecular complexity index is 838. The van der Waals surface area contributed by atoms with Crippen LogP contribution in [0.5, 0.6) is 0 Å². The van der Waals surface area contributed by atoms with Gasteiger partial charge in [-0.25, -0.2) is 9.98 Å². The number of aryl methyl sites for hydroxylation is 1.